The lowest BCUT2D eigenvalue weighted by Gasteiger charge is -2.18. The number of hydrogen-bond donors (Lipinski definition) is 0. The highest BCUT2D eigenvalue weighted by Crippen LogP contribution is 2.23. The molecule has 0 spiro atoms. The zero-order chi connectivity index (χ0) is 10.7. The summed E-state index contributed by atoms with van der Waals surface area (Å²) in [4.78, 5) is 2.05. The smallest absolute Gasteiger partial charge is 0.0670 e. The van der Waals surface area contributed by atoms with Crippen LogP contribution in [0, 0.1) is 25.2 Å². The average molecular weight is 188 g/mol. The molecule has 2 heteroatoms. The van der Waals surface area contributed by atoms with Crippen LogP contribution in [0.3, 0.4) is 0 Å². The van der Waals surface area contributed by atoms with Gasteiger partial charge in [-0.25, -0.2) is 0 Å². The SMILES string of the molecule is Cc1cc(CC#N)c(N(C)C)cc1C. The topological polar surface area (TPSA) is 27.0 Å². The van der Waals surface area contributed by atoms with E-state index in [-0.39, 0.29) is 0 Å². The van der Waals surface area contributed by atoms with Crippen molar-refractivity contribution in [2.45, 2.75) is 20.3 Å². The quantitative estimate of drug-likeness (QED) is 0.712. The zero-order valence-corrected chi connectivity index (χ0v) is 9.26. The van der Waals surface area contributed by atoms with Crippen molar-refractivity contribution in [1.29, 1.82) is 5.26 Å². The Balaban J connectivity index is 3.25. The molecular formula is C12H16N2. The Morgan fingerprint density at radius 3 is 2.29 bits per heavy atom. The van der Waals surface area contributed by atoms with Gasteiger partial charge >= 0.3 is 0 Å². The first-order valence-corrected chi connectivity index (χ1v) is 4.70. The van der Waals surface area contributed by atoms with E-state index >= 15 is 0 Å². The molecule has 0 unspecified atom stereocenters. The summed E-state index contributed by atoms with van der Waals surface area (Å²) in [6.07, 6.45) is 0.481. The van der Waals surface area contributed by atoms with E-state index in [2.05, 4.69) is 36.9 Å². The van der Waals surface area contributed by atoms with Gasteiger partial charge in [-0.2, -0.15) is 5.26 Å². The van der Waals surface area contributed by atoms with Crippen molar-refractivity contribution in [1.82, 2.24) is 0 Å². The van der Waals surface area contributed by atoms with Crippen LogP contribution in [0.5, 0.6) is 0 Å². The van der Waals surface area contributed by atoms with Crippen molar-refractivity contribution in [3.8, 4) is 6.07 Å². The summed E-state index contributed by atoms with van der Waals surface area (Å²) in [5, 5.41) is 8.72. The van der Waals surface area contributed by atoms with Gasteiger partial charge < -0.3 is 4.90 Å². The molecule has 0 aliphatic rings. The van der Waals surface area contributed by atoms with Crippen molar-refractivity contribution < 1.29 is 0 Å². The summed E-state index contributed by atoms with van der Waals surface area (Å²) < 4.78 is 0. The Hall–Kier alpha value is -1.49. The first-order valence-electron chi connectivity index (χ1n) is 4.70. The molecule has 0 aliphatic heterocycles. The van der Waals surface area contributed by atoms with Crippen LogP contribution in [-0.2, 0) is 6.42 Å². The van der Waals surface area contributed by atoms with E-state index in [0.717, 1.165) is 11.3 Å². The second-order valence-corrected chi connectivity index (χ2v) is 3.79. The molecule has 1 aromatic carbocycles. The highest BCUT2D eigenvalue weighted by Gasteiger charge is 2.06. The number of benzene rings is 1. The third kappa shape index (κ3) is 2.05. The molecule has 0 atom stereocenters. The molecule has 1 rings (SSSR count). The molecular weight excluding hydrogens is 172 g/mol. The number of nitriles is 1. The lowest BCUT2D eigenvalue weighted by molar-refractivity contribution is 1.08. The van der Waals surface area contributed by atoms with Gasteiger partial charge in [0.2, 0.25) is 0 Å². The maximum absolute atomic E-state index is 8.72. The minimum atomic E-state index is 0.481. The number of nitrogens with zero attached hydrogens (tertiary/aromatic N) is 2. The van der Waals surface area contributed by atoms with Crippen LogP contribution in [0.2, 0.25) is 0 Å². The summed E-state index contributed by atoms with van der Waals surface area (Å²) in [7, 11) is 4.01. The Morgan fingerprint density at radius 1 is 1.21 bits per heavy atom. The van der Waals surface area contributed by atoms with Gasteiger partial charge in [-0.05, 0) is 36.6 Å². The standard InChI is InChI=1S/C12H16N2/c1-9-7-11(5-6-13)12(14(3)4)8-10(9)2/h7-8H,5H2,1-4H3. The molecule has 0 N–H and O–H groups in total. The van der Waals surface area contributed by atoms with E-state index in [1.54, 1.807) is 0 Å². The Morgan fingerprint density at radius 2 is 1.79 bits per heavy atom. The molecule has 0 amide bonds. The fourth-order valence-electron chi connectivity index (χ4n) is 1.50. The minimum Gasteiger partial charge on any atom is -0.377 e. The van der Waals surface area contributed by atoms with Crippen LogP contribution >= 0.6 is 0 Å². The zero-order valence-electron chi connectivity index (χ0n) is 9.26. The van der Waals surface area contributed by atoms with Gasteiger partial charge in [-0.15, -0.1) is 0 Å². The molecule has 0 heterocycles. The molecule has 74 valence electrons. The molecule has 0 saturated heterocycles. The molecule has 0 radical (unpaired) electrons. The number of hydrogen-bond acceptors (Lipinski definition) is 2. The largest absolute Gasteiger partial charge is 0.377 e. The predicted octanol–water partition coefficient (Wildman–Crippen LogP) is 2.44. The molecule has 0 fully saturated rings. The van der Waals surface area contributed by atoms with Gasteiger partial charge in [0.05, 0.1) is 12.5 Å². The molecule has 2 nitrogen and oxygen atoms in total. The fraction of sp³-hybridized carbons (Fsp3) is 0.417. The predicted molar refractivity (Wildman–Crippen MR) is 59.6 cm³/mol. The minimum absolute atomic E-state index is 0.481. The summed E-state index contributed by atoms with van der Waals surface area (Å²) in [6, 6.07) is 6.45. The summed E-state index contributed by atoms with van der Waals surface area (Å²) in [5.74, 6) is 0. The van der Waals surface area contributed by atoms with Crippen LogP contribution < -0.4 is 4.90 Å². The van der Waals surface area contributed by atoms with E-state index in [1.165, 1.54) is 11.1 Å². The second-order valence-electron chi connectivity index (χ2n) is 3.79. The highest BCUT2D eigenvalue weighted by atomic mass is 15.1. The molecule has 0 aliphatic carbocycles. The van der Waals surface area contributed by atoms with Crippen LogP contribution in [-0.4, -0.2) is 14.1 Å². The molecule has 1 aromatic rings. The molecule has 14 heavy (non-hydrogen) atoms. The Labute approximate surface area is 85.8 Å². The van der Waals surface area contributed by atoms with Crippen molar-refractivity contribution in [3.63, 3.8) is 0 Å². The van der Waals surface area contributed by atoms with Gasteiger partial charge in [0.15, 0.2) is 0 Å². The van der Waals surface area contributed by atoms with Crippen molar-refractivity contribution in [3.05, 3.63) is 28.8 Å². The summed E-state index contributed by atoms with van der Waals surface area (Å²) in [6.45, 7) is 4.17. The van der Waals surface area contributed by atoms with Crippen molar-refractivity contribution in [2.24, 2.45) is 0 Å². The van der Waals surface area contributed by atoms with Gasteiger partial charge in [0, 0.05) is 19.8 Å². The van der Waals surface area contributed by atoms with E-state index in [0.29, 0.717) is 6.42 Å². The average Bonchev–Trinajstić information content (AvgIpc) is 2.11. The van der Waals surface area contributed by atoms with Gasteiger partial charge in [-0.1, -0.05) is 6.07 Å². The third-order valence-corrected chi connectivity index (χ3v) is 2.45. The van der Waals surface area contributed by atoms with Crippen molar-refractivity contribution in [2.75, 3.05) is 19.0 Å². The maximum atomic E-state index is 8.72. The van der Waals surface area contributed by atoms with Crippen molar-refractivity contribution >= 4 is 5.69 Å². The summed E-state index contributed by atoms with van der Waals surface area (Å²) >= 11 is 0. The van der Waals surface area contributed by atoms with Gasteiger partial charge in [0.1, 0.15) is 0 Å². The Kier molecular flexibility index (Phi) is 3.14. The molecule has 0 aromatic heterocycles. The van der Waals surface area contributed by atoms with E-state index in [9.17, 15) is 0 Å². The van der Waals surface area contributed by atoms with Crippen LogP contribution in [0.1, 0.15) is 16.7 Å². The van der Waals surface area contributed by atoms with Crippen LogP contribution in [0.15, 0.2) is 12.1 Å². The first kappa shape index (κ1) is 10.6. The van der Waals surface area contributed by atoms with Crippen LogP contribution in [0.25, 0.3) is 0 Å². The normalized spacial score (nSPS) is 9.64. The van der Waals surface area contributed by atoms with E-state index in [1.807, 2.05) is 14.1 Å². The first-order chi connectivity index (χ1) is 6.56. The van der Waals surface area contributed by atoms with Gasteiger partial charge in [-0.3, -0.25) is 0 Å². The highest BCUT2D eigenvalue weighted by molar-refractivity contribution is 5.57. The summed E-state index contributed by atoms with van der Waals surface area (Å²) in [5.41, 5.74) is 4.78. The molecule has 0 bridgehead atoms. The lowest BCUT2D eigenvalue weighted by Crippen LogP contribution is -2.11. The lowest BCUT2D eigenvalue weighted by atomic mass is 10.0. The monoisotopic (exact) mass is 188 g/mol. The second kappa shape index (κ2) is 4.15. The number of aryl methyl sites for hydroxylation is 2. The van der Waals surface area contributed by atoms with Crippen LogP contribution in [0.4, 0.5) is 5.69 Å². The van der Waals surface area contributed by atoms with E-state index < -0.39 is 0 Å². The van der Waals surface area contributed by atoms with E-state index in [4.69, 9.17) is 5.26 Å². The number of rotatable bonds is 2. The van der Waals surface area contributed by atoms with Gasteiger partial charge in [0.25, 0.3) is 0 Å². The number of anilines is 1. The fourth-order valence-corrected chi connectivity index (χ4v) is 1.50. The third-order valence-electron chi connectivity index (χ3n) is 2.45. The maximum Gasteiger partial charge on any atom is 0.0670 e. The Bertz CT molecular complexity index is 373. The molecule has 0 saturated carbocycles.